The Labute approximate surface area is 302 Å². The van der Waals surface area contributed by atoms with Gasteiger partial charge in [0.25, 0.3) is 0 Å². The van der Waals surface area contributed by atoms with Crippen molar-refractivity contribution in [3.8, 4) is 11.5 Å². The molecule has 15 heteroatoms. The highest BCUT2D eigenvalue weighted by atomic mass is 35.5. The summed E-state index contributed by atoms with van der Waals surface area (Å²) >= 11 is 8.49. The average Bonchev–Trinajstić information content (AvgIpc) is 3.83. The van der Waals surface area contributed by atoms with E-state index in [0.717, 1.165) is 29.0 Å². The zero-order chi connectivity index (χ0) is 35.9. The minimum atomic E-state index is -4.69. The number of hydrogen-bond donors (Lipinski definition) is 1. The molecule has 7 atom stereocenters. The molecule has 2 bridgehead atoms. The van der Waals surface area contributed by atoms with E-state index < -0.39 is 52.5 Å². The van der Waals surface area contributed by atoms with Crippen LogP contribution in [0, 0.1) is 29.6 Å². The number of rotatable bonds is 7. The van der Waals surface area contributed by atoms with Gasteiger partial charge in [0.05, 0.1) is 48.0 Å². The van der Waals surface area contributed by atoms with Gasteiger partial charge in [-0.2, -0.15) is 13.2 Å². The third kappa shape index (κ3) is 5.36. The van der Waals surface area contributed by atoms with Gasteiger partial charge in [0.1, 0.15) is 6.54 Å². The Morgan fingerprint density at radius 1 is 0.941 bits per heavy atom. The highest BCUT2D eigenvalue weighted by molar-refractivity contribution is 8.00. The number of alkyl halides is 3. The van der Waals surface area contributed by atoms with E-state index >= 15 is 0 Å². The molecule has 7 unspecified atom stereocenters. The molecule has 4 aliphatic rings. The summed E-state index contributed by atoms with van der Waals surface area (Å²) in [4.78, 5) is 56.6. The highest BCUT2D eigenvalue weighted by Crippen LogP contribution is 2.69. The van der Waals surface area contributed by atoms with Crippen LogP contribution in [0.15, 0.2) is 76.6 Å². The van der Waals surface area contributed by atoms with E-state index in [-0.39, 0.29) is 34.8 Å². The van der Waals surface area contributed by atoms with Crippen LogP contribution in [-0.4, -0.2) is 41.8 Å². The van der Waals surface area contributed by atoms with Crippen LogP contribution in [0.25, 0.3) is 0 Å². The van der Waals surface area contributed by atoms with E-state index in [0.29, 0.717) is 38.5 Å². The maximum atomic E-state index is 14.1. The smallest absolute Gasteiger partial charge is 0.418 e. The summed E-state index contributed by atoms with van der Waals surface area (Å²) in [5.74, 6) is -2.34. The fourth-order valence-electron chi connectivity index (χ4n) is 8.69. The molecule has 3 aromatic carbocycles. The molecule has 2 aliphatic heterocycles. The van der Waals surface area contributed by atoms with Crippen LogP contribution in [0.5, 0.6) is 11.5 Å². The van der Waals surface area contributed by atoms with Crippen molar-refractivity contribution in [1.29, 1.82) is 0 Å². The van der Waals surface area contributed by atoms with Gasteiger partial charge in [0.15, 0.2) is 11.5 Å². The van der Waals surface area contributed by atoms with Crippen LogP contribution in [0.4, 0.5) is 24.5 Å². The lowest BCUT2D eigenvalue weighted by atomic mass is 9.68. The third-order valence-electron chi connectivity index (χ3n) is 10.6. The summed E-state index contributed by atoms with van der Waals surface area (Å²) in [7, 11) is 3.05. The highest BCUT2D eigenvalue weighted by Gasteiger charge is 2.70. The second-order valence-corrected chi connectivity index (χ2v) is 15.7. The normalized spacial score (nSPS) is 26.2. The SMILES string of the molecule is COc1ccc(C2c3sc(=O)n(CC(=O)Nc4ccccc4C(F)(F)F)c3SC3C4CC(C5C(=O)N(c6ccc(Cl)cc6)C(=O)C45)C23)cc1OC. The van der Waals surface area contributed by atoms with Crippen LogP contribution in [0.3, 0.4) is 0 Å². The van der Waals surface area contributed by atoms with Crippen molar-refractivity contribution in [2.45, 2.75) is 35.3 Å². The predicted molar refractivity (Wildman–Crippen MR) is 186 cm³/mol. The Balaban J connectivity index is 1.19. The van der Waals surface area contributed by atoms with E-state index in [4.69, 9.17) is 21.1 Å². The largest absolute Gasteiger partial charge is 0.493 e. The number of nitrogens with zero attached hydrogens (tertiary/aromatic N) is 2. The number of imide groups is 1. The van der Waals surface area contributed by atoms with Crippen molar-refractivity contribution in [2.24, 2.45) is 29.6 Å². The van der Waals surface area contributed by atoms with Gasteiger partial charge in [0.2, 0.25) is 17.7 Å². The first-order valence-electron chi connectivity index (χ1n) is 16.1. The van der Waals surface area contributed by atoms with E-state index in [1.54, 1.807) is 30.3 Å². The minimum absolute atomic E-state index is 0.146. The molecule has 1 N–H and O–H groups in total. The quantitative estimate of drug-likeness (QED) is 0.204. The molecule has 9 nitrogen and oxygen atoms in total. The number of aromatic nitrogens is 1. The number of nitrogens with one attached hydrogen (secondary N) is 1. The van der Waals surface area contributed by atoms with E-state index in [1.165, 1.54) is 47.6 Å². The lowest BCUT2D eigenvalue weighted by Gasteiger charge is -2.43. The van der Waals surface area contributed by atoms with Gasteiger partial charge in [-0.05, 0) is 78.3 Å². The monoisotopic (exact) mass is 755 g/mol. The standard InChI is InChI=1S/C36H29ClF3N3O6S2/c1-48-23-12-7-16(13-24(23)49-2)26-27-19-14-20(29-28(19)32(45)43(33(29)46)18-10-8-17(37)9-11-18)30(27)50-34-31(26)51-35(47)42(34)15-25(44)41-22-6-4-3-5-21(22)36(38,39)40/h3-13,19-20,26-30H,14-15H2,1-2H3,(H,41,44). The summed E-state index contributed by atoms with van der Waals surface area (Å²) in [5, 5.41) is 3.16. The fraction of sp³-hybridized carbons (Fsp3) is 0.333. The van der Waals surface area contributed by atoms with Crippen LogP contribution >= 0.6 is 34.7 Å². The van der Waals surface area contributed by atoms with E-state index in [9.17, 15) is 32.3 Å². The number of benzene rings is 3. The number of amides is 3. The molecule has 1 saturated heterocycles. The van der Waals surface area contributed by atoms with Crippen molar-refractivity contribution < 1.29 is 37.0 Å². The van der Waals surface area contributed by atoms with Gasteiger partial charge >= 0.3 is 11.0 Å². The Kier molecular flexibility index (Phi) is 8.26. The number of thioether (sulfide) groups is 1. The molecular weight excluding hydrogens is 727 g/mol. The van der Waals surface area contributed by atoms with Gasteiger partial charge in [-0.1, -0.05) is 41.1 Å². The van der Waals surface area contributed by atoms with Crippen molar-refractivity contribution in [1.82, 2.24) is 4.57 Å². The molecule has 0 radical (unpaired) electrons. The van der Waals surface area contributed by atoms with Crippen molar-refractivity contribution >= 4 is 63.8 Å². The summed E-state index contributed by atoms with van der Waals surface area (Å²) < 4.78 is 53.4. The number of thiazole rings is 1. The Morgan fingerprint density at radius 2 is 1.63 bits per heavy atom. The minimum Gasteiger partial charge on any atom is -0.493 e. The van der Waals surface area contributed by atoms with Gasteiger partial charge in [-0.25, -0.2) is 0 Å². The number of carbonyl (C=O) groups is 3. The second-order valence-electron chi connectivity index (χ2n) is 13.1. The summed E-state index contributed by atoms with van der Waals surface area (Å²) in [5.41, 5.74) is -0.126. The van der Waals surface area contributed by atoms with Gasteiger partial charge in [0, 0.05) is 21.1 Å². The molecule has 2 aliphatic carbocycles. The molecule has 8 rings (SSSR count). The zero-order valence-corrected chi connectivity index (χ0v) is 29.4. The Morgan fingerprint density at radius 3 is 2.31 bits per heavy atom. The number of hydrogen-bond acceptors (Lipinski definition) is 8. The topological polar surface area (TPSA) is 107 Å². The molecular formula is C36H29ClF3N3O6S2. The molecule has 3 heterocycles. The van der Waals surface area contributed by atoms with E-state index in [2.05, 4.69) is 5.32 Å². The molecule has 51 heavy (non-hydrogen) atoms. The average molecular weight is 756 g/mol. The number of para-hydroxylation sites is 1. The van der Waals surface area contributed by atoms with Crippen LogP contribution in [0.2, 0.25) is 5.02 Å². The first-order chi connectivity index (χ1) is 24.4. The molecule has 2 saturated carbocycles. The fourth-order valence-corrected chi connectivity index (χ4v) is 12.0. The maximum Gasteiger partial charge on any atom is 0.418 e. The number of methoxy groups -OCH3 is 2. The molecule has 1 aromatic heterocycles. The lowest BCUT2D eigenvalue weighted by molar-refractivity contribution is -0.137. The maximum absolute atomic E-state index is 14.1. The van der Waals surface area contributed by atoms with Crippen molar-refractivity contribution in [2.75, 3.05) is 24.4 Å². The molecule has 4 aromatic rings. The number of carbonyl (C=O) groups excluding carboxylic acids is 3. The second kappa shape index (κ2) is 12.4. The predicted octanol–water partition coefficient (Wildman–Crippen LogP) is 6.92. The van der Waals surface area contributed by atoms with Crippen LogP contribution in [0.1, 0.15) is 28.3 Å². The van der Waals surface area contributed by atoms with E-state index in [1.807, 2.05) is 12.1 Å². The summed E-state index contributed by atoms with van der Waals surface area (Å²) in [6, 6.07) is 16.8. The van der Waals surface area contributed by atoms with Gasteiger partial charge in [-0.15, -0.1) is 11.8 Å². The molecule has 0 spiro atoms. The summed E-state index contributed by atoms with van der Waals surface area (Å²) in [6.07, 6.45) is -4.05. The first kappa shape index (κ1) is 33.9. The zero-order valence-electron chi connectivity index (χ0n) is 27.0. The first-order valence-corrected chi connectivity index (χ1v) is 18.2. The van der Waals surface area contributed by atoms with Gasteiger partial charge < -0.3 is 14.8 Å². The van der Waals surface area contributed by atoms with Crippen molar-refractivity contribution in [3.63, 3.8) is 0 Å². The lowest BCUT2D eigenvalue weighted by Crippen LogP contribution is -2.43. The van der Waals surface area contributed by atoms with Crippen LogP contribution in [-0.2, 0) is 27.1 Å². The number of halogens is 4. The molecule has 3 fully saturated rings. The Bertz CT molecular complexity index is 2150. The number of fused-ring (bicyclic) bond motifs is 9. The molecule has 3 amide bonds. The number of ether oxygens (including phenoxy) is 2. The molecule has 264 valence electrons. The third-order valence-corrected chi connectivity index (χ3v) is 13.7. The number of anilines is 2. The summed E-state index contributed by atoms with van der Waals surface area (Å²) in [6.45, 7) is -0.512. The van der Waals surface area contributed by atoms with Crippen molar-refractivity contribution in [3.05, 3.63) is 97.4 Å². The van der Waals surface area contributed by atoms with Gasteiger partial charge in [-0.3, -0.25) is 28.6 Å². The Hall–Kier alpha value is -4.27. The van der Waals surface area contributed by atoms with Crippen LogP contribution < -0.4 is 24.6 Å².